The highest BCUT2D eigenvalue weighted by Crippen LogP contribution is 2.30. The van der Waals surface area contributed by atoms with E-state index in [0.717, 1.165) is 33.7 Å². The van der Waals surface area contributed by atoms with Crippen molar-refractivity contribution < 1.29 is 4.79 Å². The van der Waals surface area contributed by atoms with Crippen LogP contribution >= 0.6 is 34.3 Å². The van der Waals surface area contributed by atoms with Crippen molar-refractivity contribution in [2.24, 2.45) is 0 Å². The molecule has 0 N–H and O–H groups in total. The Morgan fingerprint density at radius 2 is 1.88 bits per heavy atom. The summed E-state index contributed by atoms with van der Waals surface area (Å²) >= 11 is 9.38. The summed E-state index contributed by atoms with van der Waals surface area (Å²) in [5.74, 6) is 0.0686. The predicted molar refractivity (Wildman–Crippen MR) is 105 cm³/mol. The Labute approximate surface area is 159 Å². The maximum atomic E-state index is 12.7. The molecule has 0 atom stereocenters. The molecule has 3 heterocycles. The lowest BCUT2D eigenvalue weighted by Crippen LogP contribution is -2.48. The Morgan fingerprint density at radius 3 is 2.60 bits per heavy atom. The molecule has 7 heteroatoms. The standard InChI is InChI=1S/C18H16ClN3OS2/c19-13-4-1-2-5-14(13)21-7-9-22(10-8-21)18(23)16-12-20-17(25-16)15-6-3-11-24-15/h1-6,11-12H,7-10H2. The first-order chi connectivity index (χ1) is 12.2. The minimum atomic E-state index is 0.0686. The van der Waals surface area contributed by atoms with Gasteiger partial charge in [-0.2, -0.15) is 0 Å². The predicted octanol–water partition coefficient (Wildman–Crippen LogP) is 4.49. The van der Waals surface area contributed by atoms with E-state index in [9.17, 15) is 4.79 Å². The lowest BCUT2D eigenvalue weighted by atomic mass is 10.2. The number of thiazole rings is 1. The second kappa shape index (κ2) is 7.15. The SMILES string of the molecule is O=C(c1cnc(-c2cccs2)s1)N1CCN(c2ccccc2Cl)CC1. The number of halogens is 1. The Bertz CT molecular complexity index is 870. The molecule has 3 aromatic rings. The number of thiophene rings is 1. The summed E-state index contributed by atoms with van der Waals surface area (Å²) in [5, 5.41) is 3.69. The van der Waals surface area contributed by atoms with E-state index >= 15 is 0 Å². The molecule has 128 valence electrons. The molecule has 0 spiro atoms. The number of hydrogen-bond acceptors (Lipinski definition) is 5. The van der Waals surface area contributed by atoms with Gasteiger partial charge in [0, 0.05) is 26.2 Å². The lowest BCUT2D eigenvalue weighted by molar-refractivity contribution is 0.0751. The first kappa shape index (κ1) is 16.6. The van der Waals surface area contributed by atoms with E-state index in [4.69, 9.17) is 11.6 Å². The number of benzene rings is 1. The molecule has 1 amide bonds. The number of anilines is 1. The van der Waals surface area contributed by atoms with Crippen LogP contribution in [0.3, 0.4) is 0 Å². The highest BCUT2D eigenvalue weighted by Gasteiger charge is 2.24. The van der Waals surface area contributed by atoms with Crippen molar-refractivity contribution in [2.75, 3.05) is 31.1 Å². The lowest BCUT2D eigenvalue weighted by Gasteiger charge is -2.36. The highest BCUT2D eigenvalue weighted by molar-refractivity contribution is 7.21. The van der Waals surface area contributed by atoms with Gasteiger partial charge in [-0.1, -0.05) is 29.8 Å². The normalized spacial score (nSPS) is 14.8. The van der Waals surface area contributed by atoms with Crippen LogP contribution < -0.4 is 4.90 Å². The van der Waals surface area contributed by atoms with E-state index in [1.54, 1.807) is 17.5 Å². The average Bonchev–Trinajstić information content (AvgIpc) is 3.33. The maximum Gasteiger partial charge on any atom is 0.265 e. The van der Waals surface area contributed by atoms with Crippen molar-refractivity contribution in [3.63, 3.8) is 0 Å². The van der Waals surface area contributed by atoms with Gasteiger partial charge in [0.05, 0.1) is 21.8 Å². The van der Waals surface area contributed by atoms with Gasteiger partial charge in [-0.25, -0.2) is 4.98 Å². The third-order valence-electron chi connectivity index (χ3n) is 4.21. The number of carbonyl (C=O) groups excluding carboxylic acids is 1. The van der Waals surface area contributed by atoms with E-state index in [0.29, 0.717) is 18.0 Å². The number of hydrogen-bond donors (Lipinski definition) is 0. The molecule has 1 fully saturated rings. The number of aromatic nitrogens is 1. The first-order valence-corrected chi connectivity index (χ1v) is 10.1. The monoisotopic (exact) mass is 389 g/mol. The van der Waals surface area contributed by atoms with E-state index in [2.05, 4.69) is 9.88 Å². The molecule has 1 aliphatic heterocycles. The summed E-state index contributed by atoms with van der Waals surface area (Å²) in [7, 11) is 0. The molecule has 1 saturated heterocycles. The van der Waals surface area contributed by atoms with Crippen molar-refractivity contribution >= 4 is 45.9 Å². The summed E-state index contributed by atoms with van der Waals surface area (Å²) in [6.45, 7) is 2.95. The molecule has 4 rings (SSSR count). The highest BCUT2D eigenvalue weighted by atomic mass is 35.5. The Kier molecular flexibility index (Phi) is 4.74. The molecule has 0 aliphatic carbocycles. The Hall–Kier alpha value is -1.89. The van der Waals surface area contributed by atoms with E-state index in [-0.39, 0.29) is 5.91 Å². The molecule has 2 aromatic heterocycles. The van der Waals surface area contributed by atoms with E-state index in [1.807, 2.05) is 46.7 Å². The summed E-state index contributed by atoms with van der Waals surface area (Å²) in [6, 6.07) is 11.9. The van der Waals surface area contributed by atoms with Crippen LogP contribution in [-0.2, 0) is 0 Å². The van der Waals surface area contributed by atoms with Gasteiger partial charge in [-0.3, -0.25) is 4.79 Å². The number of rotatable bonds is 3. The molecule has 0 saturated carbocycles. The zero-order chi connectivity index (χ0) is 17.2. The molecule has 4 nitrogen and oxygen atoms in total. The van der Waals surface area contributed by atoms with Crippen LogP contribution in [0.2, 0.25) is 5.02 Å². The summed E-state index contributed by atoms with van der Waals surface area (Å²) in [4.78, 5) is 23.1. The Balaban J connectivity index is 1.42. The number of amides is 1. The van der Waals surface area contributed by atoms with Gasteiger partial charge in [-0.05, 0) is 23.6 Å². The van der Waals surface area contributed by atoms with Gasteiger partial charge in [-0.15, -0.1) is 22.7 Å². The zero-order valence-electron chi connectivity index (χ0n) is 13.4. The van der Waals surface area contributed by atoms with Gasteiger partial charge < -0.3 is 9.80 Å². The van der Waals surface area contributed by atoms with Crippen molar-refractivity contribution in [2.45, 2.75) is 0 Å². The summed E-state index contributed by atoms with van der Waals surface area (Å²) < 4.78 is 0. The fourth-order valence-corrected chi connectivity index (χ4v) is 4.84. The molecular weight excluding hydrogens is 374 g/mol. The van der Waals surface area contributed by atoms with Gasteiger partial charge in [0.1, 0.15) is 9.88 Å². The number of para-hydroxylation sites is 1. The second-order valence-electron chi connectivity index (χ2n) is 5.74. The van der Waals surface area contributed by atoms with Crippen LogP contribution in [0, 0.1) is 0 Å². The number of carbonyl (C=O) groups is 1. The average molecular weight is 390 g/mol. The van der Waals surface area contributed by atoms with Crippen LogP contribution in [0.1, 0.15) is 9.67 Å². The fraction of sp³-hybridized carbons (Fsp3) is 0.222. The van der Waals surface area contributed by atoms with Crippen LogP contribution in [0.15, 0.2) is 48.0 Å². The number of nitrogens with zero attached hydrogens (tertiary/aromatic N) is 3. The summed E-state index contributed by atoms with van der Waals surface area (Å²) in [6.07, 6.45) is 1.70. The van der Waals surface area contributed by atoms with Crippen LogP contribution in [0.5, 0.6) is 0 Å². The molecule has 0 bridgehead atoms. The Morgan fingerprint density at radius 1 is 1.08 bits per heavy atom. The van der Waals surface area contributed by atoms with Crippen LogP contribution in [0.4, 0.5) is 5.69 Å². The molecule has 25 heavy (non-hydrogen) atoms. The first-order valence-electron chi connectivity index (χ1n) is 8.01. The molecule has 1 aliphatic rings. The molecule has 1 aromatic carbocycles. The van der Waals surface area contributed by atoms with Crippen molar-refractivity contribution in [1.29, 1.82) is 0 Å². The third kappa shape index (κ3) is 3.42. The van der Waals surface area contributed by atoms with Crippen molar-refractivity contribution in [1.82, 2.24) is 9.88 Å². The minimum absolute atomic E-state index is 0.0686. The smallest absolute Gasteiger partial charge is 0.265 e. The quantitative estimate of drug-likeness (QED) is 0.662. The molecular formula is C18H16ClN3OS2. The van der Waals surface area contributed by atoms with Crippen molar-refractivity contribution in [3.05, 3.63) is 57.9 Å². The van der Waals surface area contributed by atoms with Crippen LogP contribution in [-0.4, -0.2) is 42.0 Å². The third-order valence-corrected chi connectivity index (χ3v) is 6.55. The second-order valence-corrected chi connectivity index (χ2v) is 8.12. The van der Waals surface area contributed by atoms with E-state index < -0.39 is 0 Å². The van der Waals surface area contributed by atoms with Crippen molar-refractivity contribution in [3.8, 4) is 9.88 Å². The van der Waals surface area contributed by atoms with Crippen LogP contribution in [0.25, 0.3) is 9.88 Å². The minimum Gasteiger partial charge on any atom is -0.367 e. The van der Waals surface area contributed by atoms with Gasteiger partial charge >= 0.3 is 0 Å². The largest absolute Gasteiger partial charge is 0.367 e. The zero-order valence-corrected chi connectivity index (χ0v) is 15.8. The maximum absolute atomic E-state index is 12.7. The molecule has 0 unspecified atom stereocenters. The summed E-state index contributed by atoms with van der Waals surface area (Å²) in [5.41, 5.74) is 1.04. The number of piperazine rings is 1. The van der Waals surface area contributed by atoms with Gasteiger partial charge in [0.2, 0.25) is 0 Å². The topological polar surface area (TPSA) is 36.4 Å². The van der Waals surface area contributed by atoms with Gasteiger partial charge in [0.25, 0.3) is 5.91 Å². The van der Waals surface area contributed by atoms with Gasteiger partial charge in [0.15, 0.2) is 0 Å². The fourth-order valence-electron chi connectivity index (χ4n) is 2.90. The molecule has 0 radical (unpaired) electrons. The van der Waals surface area contributed by atoms with E-state index in [1.165, 1.54) is 11.3 Å².